The lowest BCUT2D eigenvalue weighted by Gasteiger charge is -2.38. The normalized spacial score (nSPS) is 39.3. The number of carbonyl (C=O) groups excluding carboxylic acids is 1. The van der Waals surface area contributed by atoms with Crippen LogP contribution >= 0.6 is 0 Å². The number of piperidine rings is 1. The summed E-state index contributed by atoms with van der Waals surface area (Å²) in [5, 5.41) is 0. The van der Waals surface area contributed by atoms with Crippen molar-refractivity contribution in [3.8, 4) is 0 Å². The van der Waals surface area contributed by atoms with E-state index in [0.29, 0.717) is 18.2 Å². The van der Waals surface area contributed by atoms with Crippen molar-refractivity contribution in [2.24, 2.45) is 5.92 Å². The molecule has 2 aliphatic rings. The zero-order valence-corrected chi connectivity index (χ0v) is 10.1. The molecule has 4 heteroatoms. The third-order valence-corrected chi connectivity index (χ3v) is 4.96. The van der Waals surface area contributed by atoms with Crippen LogP contribution in [0.15, 0.2) is 0 Å². The maximum absolute atomic E-state index is 11.4. The summed E-state index contributed by atoms with van der Waals surface area (Å²) in [4.78, 5) is 13.8. The molecule has 0 aromatic heterocycles. The van der Waals surface area contributed by atoms with Gasteiger partial charge < -0.3 is 0 Å². The molecule has 0 N–H and O–H groups in total. The number of Topliss-reactive ketones (excluding diaryl/α,β-unsaturated/α-hetero) is 1. The molecule has 15 heavy (non-hydrogen) atoms. The molecule has 2 aliphatic heterocycles. The average Bonchev–Trinajstić information content (AvgIpc) is 2.23. The topological polar surface area (TPSA) is 37.4 Å². The number of nitrogens with zero attached hydrogens (tertiary/aromatic N) is 1. The molecule has 0 aliphatic carbocycles. The highest BCUT2D eigenvalue weighted by molar-refractivity contribution is 7.85. The summed E-state index contributed by atoms with van der Waals surface area (Å²) in [6, 6.07) is 0.582. The summed E-state index contributed by atoms with van der Waals surface area (Å²) in [5.74, 6) is 2.31. The Bertz CT molecular complexity index is 270. The number of ketones is 1. The van der Waals surface area contributed by atoms with Crippen LogP contribution < -0.4 is 0 Å². The molecule has 2 fully saturated rings. The molecule has 3 nitrogen and oxygen atoms in total. The lowest BCUT2D eigenvalue weighted by molar-refractivity contribution is -0.126. The fourth-order valence-corrected chi connectivity index (χ4v) is 3.80. The standard InChI is InChI=1S/C11H19NO2S/c1-9-8-12(5-2-11(9)13)10-3-6-15(14)7-4-10/h9-10H,2-8H2,1H3. The molecule has 0 radical (unpaired) electrons. The van der Waals surface area contributed by atoms with Gasteiger partial charge in [-0.1, -0.05) is 6.92 Å². The lowest BCUT2D eigenvalue weighted by atomic mass is 9.96. The number of carbonyl (C=O) groups is 1. The quantitative estimate of drug-likeness (QED) is 0.668. The third-order valence-electron chi connectivity index (χ3n) is 3.58. The van der Waals surface area contributed by atoms with Crippen LogP contribution in [0.1, 0.15) is 26.2 Å². The van der Waals surface area contributed by atoms with Gasteiger partial charge in [0.15, 0.2) is 0 Å². The fourth-order valence-electron chi connectivity index (χ4n) is 2.52. The van der Waals surface area contributed by atoms with Crippen molar-refractivity contribution in [3.63, 3.8) is 0 Å². The summed E-state index contributed by atoms with van der Waals surface area (Å²) in [6.07, 6.45) is 2.81. The first-order chi connectivity index (χ1) is 7.16. The molecule has 0 aromatic carbocycles. The van der Waals surface area contributed by atoms with Crippen molar-refractivity contribution >= 4 is 16.6 Å². The van der Waals surface area contributed by atoms with Crippen LogP contribution in [0.2, 0.25) is 0 Å². The molecule has 86 valence electrons. The second kappa shape index (κ2) is 4.74. The van der Waals surface area contributed by atoms with E-state index in [2.05, 4.69) is 4.90 Å². The molecule has 2 heterocycles. The van der Waals surface area contributed by atoms with Crippen molar-refractivity contribution in [2.75, 3.05) is 24.6 Å². The second-order valence-electron chi connectivity index (χ2n) is 4.69. The van der Waals surface area contributed by atoms with Crippen molar-refractivity contribution < 1.29 is 9.00 Å². The van der Waals surface area contributed by atoms with E-state index in [1.807, 2.05) is 6.92 Å². The van der Waals surface area contributed by atoms with E-state index in [-0.39, 0.29) is 5.92 Å². The summed E-state index contributed by atoms with van der Waals surface area (Å²) in [5.41, 5.74) is 0. The summed E-state index contributed by atoms with van der Waals surface area (Å²) >= 11 is 0. The zero-order valence-electron chi connectivity index (χ0n) is 9.28. The first-order valence-corrected chi connectivity index (χ1v) is 7.27. The van der Waals surface area contributed by atoms with Gasteiger partial charge in [0.1, 0.15) is 5.78 Å². The van der Waals surface area contributed by atoms with E-state index >= 15 is 0 Å². The number of hydrogen-bond donors (Lipinski definition) is 0. The van der Waals surface area contributed by atoms with Crippen LogP contribution in [-0.2, 0) is 15.6 Å². The number of hydrogen-bond acceptors (Lipinski definition) is 3. The Morgan fingerprint density at radius 2 is 2.00 bits per heavy atom. The lowest BCUT2D eigenvalue weighted by Crippen LogP contribution is -2.47. The van der Waals surface area contributed by atoms with Gasteiger partial charge in [-0.25, -0.2) is 0 Å². The van der Waals surface area contributed by atoms with Gasteiger partial charge in [0.25, 0.3) is 0 Å². The Balaban J connectivity index is 1.89. The minimum absolute atomic E-state index is 0.200. The van der Waals surface area contributed by atoms with Crippen LogP contribution in [0.5, 0.6) is 0 Å². The summed E-state index contributed by atoms with van der Waals surface area (Å²) in [7, 11) is -0.575. The molecule has 1 unspecified atom stereocenters. The summed E-state index contributed by atoms with van der Waals surface area (Å²) < 4.78 is 11.2. The molecule has 0 bridgehead atoms. The Morgan fingerprint density at radius 3 is 2.60 bits per heavy atom. The van der Waals surface area contributed by atoms with Gasteiger partial charge in [0, 0.05) is 53.8 Å². The van der Waals surface area contributed by atoms with Crippen LogP contribution in [0.4, 0.5) is 0 Å². The first kappa shape index (κ1) is 11.3. The number of rotatable bonds is 1. The Morgan fingerprint density at radius 1 is 1.33 bits per heavy atom. The van der Waals surface area contributed by atoms with Gasteiger partial charge in [-0.3, -0.25) is 13.9 Å². The highest BCUT2D eigenvalue weighted by atomic mass is 32.2. The maximum Gasteiger partial charge on any atom is 0.138 e. The fraction of sp³-hybridized carbons (Fsp3) is 0.909. The minimum atomic E-state index is -0.575. The van der Waals surface area contributed by atoms with E-state index in [9.17, 15) is 9.00 Å². The molecule has 0 spiro atoms. The highest BCUT2D eigenvalue weighted by Gasteiger charge is 2.30. The Kier molecular flexibility index (Phi) is 3.57. The zero-order chi connectivity index (χ0) is 10.8. The van der Waals surface area contributed by atoms with Gasteiger partial charge in [-0.05, 0) is 12.8 Å². The van der Waals surface area contributed by atoms with E-state index < -0.39 is 10.8 Å². The molecule has 2 saturated heterocycles. The SMILES string of the molecule is CC1CN(C2CCS(=O)CC2)CCC1=O. The molecule has 1 atom stereocenters. The van der Waals surface area contributed by atoms with Gasteiger partial charge >= 0.3 is 0 Å². The largest absolute Gasteiger partial charge is 0.299 e. The van der Waals surface area contributed by atoms with Gasteiger partial charge in [0.05, 0.1) is 0 Å². The Hall–Kier alpha value is -0.220. The average molecular weight is 229 g/mol. The van der Waals surface area contributed by atoms with Crippen LogP contribution in [0.25, 0.3) is 0 Å². The van der Waals surface area contributed by atoms with E-state index in [0.717, 1.165) is 37.4 Å². The molecular weight excluding hydrogens is 210 g/mol. The number of likely N-dealkylation sites (tertiary alicyclic amines) is 1. The molecule has 0 saturated carbocycles. The van der Waals surface area contributed by atoms with Crippen molar-refractivity contribution in [1.82, 2.24) is 4.90 Å². The van der Waals surface area contributed by atoms with E-state index in [1.54, 1.807) is 0 Å². The van der Waals surface area contributed by atoms with Crippen molar-refractivity contribution in [2.45, 2.75) is 32.2 Å². The van der Waals surface area contributed by atoms with Crippen LogP contribution in [0.3, 0.4) is 0 Å². The van der Waals surface area contributed by atoms with Crippen molar-refractivity contribution in [1.29, 1.82) is 0 Å². The van der Waals surface area contributed by atoms with Gasteiger partial charge in [-0.15, -0.1) is 0 Å². The van der Waals surface area contributed by atoms with Crippen LogP contribution in [0, 0.1) is 5.92 Å². The molecule has 0 amide bonds. The Labute approximate surface area is 93.7 Å². The highest BCUT2D eigenvalue weighted by Crippen LogP contribution is 2.21. The first-order valence-electron chi connectivity index (χ1n) is 5.78. The predicted octanol–water partition coefficient (Wildman–Crippen LogP) is 0.808. The van der Waals surface area contributed by atoms with Crippen molar-refractivity contribution in [3.05, 3.63) is 0 Å². The minimum Gasteiger partial charge on any atom is -0.299 e. The second-order valence-corrected chi connectivity index (χ2v) is 6.39. The maximum atomic E-state index is 11.4. The predicted molar refractivity (Wildman–Crippen MR) is 61.3 cm³/mol. The van der Waals surface area contributed by atoms with E-state index in [1.165, 1.54) is 0 Å². The van der Waals surface area contributed by atoms with Gasteiger partial charge in [0.2, 0.25) is 0 Å². The summed E-state index contributed by atoms with van der Waals surface area (Å²) in [6.45, 7) is 3.85. The van der Waals surface area contributed by atoms with E-state index in [4.69, 9.17) is 0 Å². The molecular formula is C11H19NO2S. The molecule has 0 aromatic rings. The van der Waals surface area contributed by atoms with Gasteiger partial charge in [-0.2, -0.15) is 0 Å². The molecule has 2 rings (SSSR count). The third kappa shape index (κ3) is 2.67. The monoisotopic (exact) mass is 229 g/mol. The van der Waals surface area contributed by atoms with Crippen LogP contribution in [-0.4, -0.2) is 45.5 Å². The smallest absolute Gasteiger partial charge is 0.138 e.